The number of rotatable bonds is 5. The Bertz CT molecular complexity index is 376. The van der Waals surface area contributed by atoms with Gasteiger partial charge in [-0.2, -0.15) is 0 Å². The summed E-state index contributed by atoms with van der Waals surface area (Å²) in [6, 6.07) is 0.0654. The van der Waals surface area contributed by atoms with Crippen LogP contribution in [-0.4, -0.2) is 51.0 Å². The van der Waals surface area contributed by atoms with E-state index in [1.54, 1.807) is 0 Å². The zero-order valence-corrected chi connectivity index (χ0v) is 14.3. The van der Waals surface area contributed by atoms with Gasteiger partial charge in [0.2, 0.25) is 5.91 Å². The molecule has 2 N–H and O–H groups in total. The van der Waals surface area contributed by atoms with Gasteiger partial charge in [0.25, 0.3) is 0 Å². The van der Waals surface area contributed by atoms with Gasteiger partial charge in [0, 0.05) is 19.2 Å². The molecule has 3 fully saturated rings. The van der Waals surface area contributed by atoms with Crippen LogP contribution in [0.3, 0.4) is 0 Å². The molecule has 1 saturated carbocycles. The zero-order valence-electron chi connectivity index (χ0n) is 13.4. The van der Waals surface area contributed by atoms with E-state index in [1.807, 2.05) is 6.92 Å². The lowest BCUT2D eigenvalue weighted by Gasteiger charge is -2.38. The third kappa shape index (κ3) is 3.75. The third-order valence-corrected chi connectivity index (χ3v) is 5.34. The Morgan fingerprint density at radius 2 is 2.32 bits per heavy atom. The number of carbonyl (C=O) groups excluding carboxylic acids is 1. The normalized spacial score (nSPS) is 35.5. The minimum Gasteiger partial charge on any atom is -0.379 e. The Balaban J connectivity index is 0.00000176. The Hall–Kier alpha value is -0.360. The maximum atomic E-state index is 12.8. The van der Waals surface area contributed by atoms with Crippen LogP contribution in [0.2, 0.25) is 0 Å². The lowest BCUT2D eigenvalue weighted by atomic mass is 9.67. The molecule has 6 heteroatoms. The first kappa shape index (κ1) is 18.0. The number of nitrogens with one attached hydrogen (secondary N) is 2. The fourth-order valence-corrected chi connectivity index (χ4v) is 4.02. The maximum absolute atomic E-state index is 12.8. The highest BCUT2D eigenvalue weighted by Crippen LogP contribution is 2.43. The van der Waals surface area contributed by atoms with E-state index in [-0.39, 0.29) is 35.9 Å². The van der Waals surface area contributed by atoms with E-state index in [2.05, 4.69) is 10.6 Å². The average Bonchev–Trinajstić information content (AvgIpc) is 3.14. The van der Waals surface area contributed by atoms with Crippen molar-refractivity contribution in [3.05, 3.63) is 0 Å². The summed E-state index contributed by atoms with van der Waals surface area (Å²) in [4.78, 5) is 12.8. The molecule has 5 nitrogen and oxygen atoms in total. The van der Waals surface area contributed by atoms with Gasteiger partial charge >= 0.3 is 0 Å². The van der Waals surface area contributed by atoms with Crippen molar-refractivity contribution in [1.82, 2.24) is 10.6 Å². The number of fused-ring (bicyclic) bond motifs is 1. The van der Waals surface area contributed by atoms with Crippen LogP contribution in [0.25, 0.3) is 0 Å². The molecule has 128 valence electrons. The molecule has 0 radical (unpaired) electrons. The van der Waals surface area contributed by atoms with Crippen LogP contribution in [0.5, 0.6) is 0 Å². The molecule has 3 aliphatic rings. The second-order valence-electron chi connectivity index (χ2n) is 6.92. The van der Waals surface area contributed by atoms with Crippen molar-refractivity contribution in [2.24, 2.45) is 11.3 Å². The first-order valence-corrected chi connectivity index (χ1v) is 8.42. The standard InChI is InChI=1S/C16H28N2O3.ClH/c1-12(9-21-14-5-7-20-10-14)18-15(19)16-6-3-2-4-13(16)8-17-11-16;/h12-14,17H,2-11H2,1H3,(H,18,19);1H/t12?,13-,14?,16+;/m0./s1. The van der Waals surface area contributed by atoms with Crippen LogP contribution in [0, 0.1) is 11.3 Å². The Morgan fingerprint density at radius 1 is 1.45 bits per heavy atom. The first-order valence-electron chi connectivity index (χ1n) is 8.42. The molecule has 0 aromatic heterocycles. The second kappa shape index (κ2) is 7.95. The van der Waals surface area contributed by atoms with Gasteiger partial charge < -0.3 is 20.1 Å². The lowest BCUT2D eigenvalue weighted by molar-refractivity contribution is -0.135. The van der Waals surface area contributed by atoms with Gasteiger partial charge in [0.15, 0.2) is 0 Å². The molecule has 2 unspecified atom stereocenters. The molecule has 3 rings (SSSR count). The van der Waals surface area contributed by atoms with Crippen LogP contribution in [0.4, 0.5) is 0 Å². The highest BCUT2D eigenvalue weighted by molar-refractivity contribution is 5.85. The fourth-order valence-electron chi connectivity index (χ4n) is 4.02. The summed E-state index contributed by atoms with van der Waals surface area (Å²) < 4.78 is 11.1. The molecule has 22 heavy (non-hydrogen) atoms. The van der Waals surface area contributed by atoms with Crippen LogP contribution in [0.15, 0.2) is 0 Å². The van der Waals surface area contributed by atoms with Crippen molar-refractivity contribution in [2.45, 2.75) is 51.2 Å². The van der Waals surface area contributed by atoms with E-state index < -0.39 is 0 Å². The van der Waals surface area contributed by atoms with Crippen LogP contribution < -0.4 is 10.6 Å². The van der Waals surface area contributed by atoms with Crippen LogP contribution in [-0.2, 0) is 14.3 Å². The summed E-state index contributed by atoms with van der Waals surface area (Å²) in [6.07, 6.45) is 5.83. The Kier molecular flexibility index (Phi) is 6.50. The largest absolute Gasteiger partial charge is 0.379 e. The highest BCUT2D eigenvalue weighted by Gasteiger charge is 2.49. The van der Waals surface area contributed by atoms with Crippen molar-refractivity contribution >= 4 is 18.3 Å². The minimum absolute atomic E-state index is 0. The fraction of sp³-hybridized carbons (Fsp3) is 0.938. The number of hydrogen-bond acceptors (Lipinski definition) is 4. The van der Waals surface area contributed by atoms with Gasteiger partial charge in [-0.1, -0.05) is 12.8 Å². The molecule has 0 aromatic rings. The molecule has 2 aliphatic heterocycles. The third-order valence-electron chi connectivity index (χ3n) is 5.34. The molecule has 2 saturated heterocycles. The summed E-state index contributed by atoms with van der Waals surface area (Å²) in [7, 11) is 0. The van der Waals surface area contributed by atoms with E-state index in [9.17, 15) is 4.79 Å². The van der Waals surface area contributed by atoms with Crippen LogP contribution in [0.1, 0.15) is 39.0 Å². The molecule has 1 aliphatic carbocycles. The van der Waals surface area contributed by atoms with Gasteiger partial charge in [0.05, 0.1) is 24.7 Å². The zero-order chi connectivity index (χ0) is 14.7. The van der Waals surface area contributed by atoms with E-state index >= 15 is 0 Å². The van der Waals surface area contributed by atoms with Gasteiger partial charge in [0.1, 0.15) is 0 Å². The number of hydrogen-bond donors (Lipinski definition) is 2. The van der Waals surface area contributed by atoms with Gasteiger partial charge in [-0.15, -0.1) is 12.4 Å². The van der Waals surface area contributed by atoms with Gasteiger partial charge in [-0.25, -0.2) is 0 Å². The molecule has 0 bridgehead atoms. The molecule has 4 atom stereocenters. The molecule has 0 aromatic carbocycles. The smallest absolute Gasteiger partial charge is 0.228 e. The number of ether oxygens (including phenoxy) is 2. The number of halogens is 1. The molecular weight excluding hydrogens is 304 g/mol. The summed E-state index contributed by atoms with van der Waals surface area (Å²) >= 11 is 0. The minimum atomic E-state index is -0.164. The predicted molar refractivity (Wildman–Crippen MR) is 87.3 cm³/mol. The maximum Gasteiger partial charge on any atom is 0.228 e. The van der Waals surface area contributed by atoms with Crippen molar-refractivity contribution in [3.8, 4) is 0 Å². The number of carbonyl (C=O) groups is 1. The molecule has 0 spiro atoms. The first-order chi connectivity index (χ1) is 10.2. The van der Waals surface area contributed by atoms with E-state index in [0.717, 1.165) is 32.5 Å². The Labute approximate surface area is 139 Å². The van der Waals surface area contributed by atoms with E-state index in [4.69, 9.17) is 9.47 Å². The Morgan fingerprint density at radius 3 is 3.09 bits per heavy atom. The molecule has 2 heterocycles. The predicted octanol–water partition coefficient (Wildman–Crippen LogP) is 1.50. The summed E-state index contributed by atoms with van der Waals surface area (Å²) in [5.74, 6) is 0.749. The highest BCUT2D eigenvalue weighted by atomic mass is 35.5. The van der Waals surface area contributed by atoms with Crippen LogP contribution >= 0.6 is 12.4 Å². The summed E-state index contributed by atoms with van der Waals surface area (Å²) in [5, 5.41) is 6.62. The quantitative estimate of drug-likeness (QED) is 0.801. The van der Waals surface area contributed by atoms with Crippen molar-refractivity contribution in [1.29, 1.82) is 0 Å². The average molecular weight is 333 g/mol. The summed E-state index contributed by atoms with van der Waals surface area (Å²) in [5.41, 5.74) is -0.164. The second-order valence-corrected chi connectivity index (χ2v) is 6.92. The molecule has 1 amide bonds. The lowest BCUT2D eigenvalue weighted by Crippen LogP contribution is -2.51. The number of amides is 1. The van der Waals surface area contributed by atoms with Crippen molar-refractivity contribution in [2.75, 3.05) is 32.9 Å². The van der Waals surface area contributed by atoms with Crippen molar-refractivity contribution in [3.63, 3.8) is 0 Å². The SMILES string of the molecule is CC(COC1CCOC1)NC(=O)[C@@]12CCCC[C@H]1CNC2.Cl. The van der Waals surface area contributed by atoms with E-state index in [1.165, 1.54) is 19.3 Å². The topological polar surface area (TPSA) is 59.6 Å². The van der Waals surface area contributed by atoms with Crippen molar-refractivity contribution < 1.29 is 14.3 Å². The van der Waals surface area contributed by atoms with Gasteiger partial charge in [-0.05, 0) is 38.6 Å². The summed E-state index contributed by atoms with van der Waals surface area (Å²) in [6.45, 7) is 5.93. The van der Waals surface area contributed by atoms with E-state index in [0.29, 0.717) is 19.1 Å². The van der Waals surface area contributed by atoms with Gasteiger partial charge in [-0.3, -0.25) is 4.79 Å². The monoisotopic (exact) mass is 332 g/mol. The molecular formula is C16H29ClN2O3.